The first kappa shape index (κ1) is 11.7. The van der Waals surface area contributed by atoms with E-state index < -0.39 is 0 Å². The van der Waals surface area contributed by atoms with Crippen LogP contribution in [0.4, 0.5) is 5.69 Å². The standard InChI is InChI=1S/C12H16N2S2/c1-9-2-3-11(10(8-9)12(13)15)14-4-6-16-7-5-14/h2-3,8H,4-7H2,1H3,(H2,13,15). The van der Waals surface area contributed by atoms with Gasteiger partial charge in [-0.1, -0.05) is 23.8 Å². The van der Waals surface area contributed by atoms with Gasteiger partial charge in [0.2, 0.25) is 0 Å². The van der Waals surface area contributed by atoms with Gasteiger partial charge in [-0.25, -0.2) is 0 Å². The summed E-state index contributed by atoms with van der Waals surface area (Å²) in [6, 6.07) is 6.35. The second kappa shape index (κ2) is 5.06. The van der Waals surface area contributed by atoms with E-state index in [2.05, 4.69) is 30.0 Å². The first-order valence-electron chi connectivity index (χ1n) is 5.41. The summed E-state index contributed by atoms with van der Waals surface area (Å²) in [6.45, 7) is 4.24. The molecule has 0 aliphatic carbocycles. The molecule has 1 saturated heterocycles. The maximum atomic E-state index is 5.79. The molecule has 0 bridgehead atoms. The number of rotatable bonds is 2. The van der Waals surface area contributed by atoms with E-state index in [1.165, 1.54) is 22.8 Å². The number of anilines is 1. The van der Waals surface area contributed by atoms with Crippen molar-refractivity contribution in [3.63, 3.8) is 0 Å². The Morgan fingerprint density at radius 2 is 2.06 bits per heavy atom. The van der Waals surface area contributed by atoms with Crippen LogP contribution in [0.2, 0.25) is 0 Å². The molecule has 2 rings (SSSR count). The first-order chi connectivity index (χ1) is 7.68. The Bertz CT molecular complexity index is 398. The number of nitrogens with zero attached hydrogens (tertiary/aromatic N) is 1. The number of hydrogen-bond donors (Lipinski definition) is 1. The third-order valence-electron chi connectivity index (χ3n) is 2.77. The number of benzene rings is 1. The minimum absolute atomic E-state index is 0.497. The number of thioether (sulfide) groups is 1. The normalized spacial score (nSPS) is 16.2. The van der Waals surface area contributed by atoms with Gasteiger partial charge in [0.15, 0.2) is 0 Å². The fraction of sp³-hybridized carbons (Fsp3) is 0.417. The average molecular weight is 252 g/mol. The molecule has 0 atom stereocenters. The lowest BCUT2D eigenvalue weighted by atomic mass is 10.1. The van der Waals surface area contributed by atoms with Crippen LogP contribution in [0.5, 0.6) is 0 Å². The van der Waals surface area contributed by atoms with Crippen LogP contribution in [0.3, 0.4) is 0 Å². The fourth-order valence-corrected chi connectivity index (χ4v) is 2.99. The molecule has 1 aromatic carbocycles. The van der Waals surface area contributed by atoms with Crippen LogP contribution in [-0.4, -0.2) is 29.6 Å². The van der Waals surface area contributed by atoms with Gasteiger partial charge in [0.25, 0.3) is 0 Å². The van der Waals surface area contributed by atoms with Crippen molar-refractivity contribution in [2.24, 2.45) is 5.73 Å². The van der Waals surface area contributed by atoms with E-state index in [4.69, 9.17) is 18.0 Å². The van der Waals surface area contributed by atoms with Crippen LogP contribution in [0.25, 0.3) is 0 Å². The molecule has 1 heterocycles. The van der Waals surface area contributed by atoms with E-state index in [-0.39, 0.29) is 0 Å². The lowest BCUT2D eigenvalue weighted by Crippen LogP contribution is -2.34. The summed E-state index contributed by atoms with van der Waals surface area (Å²) >= 11 is 7.13. The van der Waals surface area contributed by atoms with E-state index in [1.54, 1.807) is 0 Å². The van der Waals surface area contributed by atoms with E-state index in [9.17, 15) is 0 Å². The third-order valence-corrected chi connectivity index (χ3v) is 3.93. The van der Waals surface area contributed by atoms with Crippen molar-refractivity contribution in [1.82, 2.24) is 0 Å². The largest absolute Gasteiger partial charge is 0.389 e. The molecule has 0 unspecified atom stereocenters. The van der Waals surface area contributed by atoms with Gasteiger partial charge in [-0.05, 0) is 19.1 Å². The molecule has 1 aliphatic rings. The molecule has 1 aliphatic heterocycles. The molecule has 0 radical (unpaired) electrons. The van der Waals surface area contributed by atoms with Crippen LogP contribution < -0.4 is 10.6 Å². The molecule has 0 aromatic heterocycles. The summed E-state index contributed by atoms with van der Waals surface area (Å²) in [6.07, 6.45) is 0. The summed E-state index contributed by atoms with van der Waals surface area (Å²) in [5.74, 6) is 2.37. The van der Waals surface area contributed by atoms with Gasteiger partial charge in [0.05, 0.1) is 0 Å². The summed E-state index contributed by atoms with van der Waals surface area (Å²) < 4.78 is 0. The SMILES string of the molecule is Cc1ccc(N2CCSCC2)c(C(N)=S)c1. The Labute approximate surface area is 106 Å². The van der Waals surface area contributed by atoms with Crippen molar-refractivity contribution in [3.05, 3.63) is 29.3 Å². The van der Waals surface area contributed by atoms with Crippen LogP contribution in [0.15, 0.2) is 18.2 Å². The summed E-state index contributed by atoms with van der Waals surface area (Å²) in [7, 11) is 0. The molecular formula is C12H16N2S2. The van der Waals surface area contributed by atoms with Gasteiger partial charge in [0, 0.05) is 35.8 Å². The van der Waals surface area contributed by atoms with Gasteiger partial charge in [-0.3, -0.25) is 0 Å². The summed E-state index contributed by atoms with van der Waals surface area (Å²) in [5.41, 5.74) is 9.20. The Balaban J connectivity index is 2.34. The van der Waals surface area contributed by atoms with E-state index in [1.807, 2.05) is 11.8 Å². The molecule has 2 nitrogen and oxygen atoms in total. The lowest BCUT2D eigenvalue weighted by molar-refractivity contribution is 0.857. The Kier molecular flexibility index (Phi) is 3.71. The van der Waals surface area contributed by atoms with Crippen LogP contribution in [0.1, 0.15) is 11.1 Å². The van der Waals surface area contributed by atoms with E-state index >= 15 is 0 Å². The summed E-state index contributed by atoms with van der Waals surface area (Å²) in [5, 5.41) is 0. The minimum Gasteiger partial charge on any atom is -0.389 e. The number of aryl methyl sites for hydroxylation is 1. The van der Waals surface area contributed by atoms with Gasteiger partial charge < -0.3 is 10.6 Å². The Morgan fingerprint density at radius 1 is 1.38 bits per heavy atom. The fourth-order valence-electron chi connectivity index (χ4n) is 1.93. The van der Waals surface area contributed by atoms with Gasteiger partial charge in [-0.2, -0.15) is 11.8 Å². The molecule has 1 fully saturated rings. The van der Waals surface area contributed by atoms with Crippen molar-refractivity contribution < 1.29 is 0 Å². The monoisotopic (exact) mass is 252 g/mol. The minimum atomic E-state index is 0.497. The number of nitrogens with two attached hydrogens (primary N) is 1. The Hall–Kier alpha value is -0.740. The quantitative estimate of drug-likeness (QED) is 0.817. The van der Waals surface area contributed by atoms with Gasteiger partial charge in [-0.15, -0.1) is 0 Å². The first-order valence-corrected chi connectivity index (χ1v) is 6.98. The highest BCUT2D eigenvalue weighted by Gasteiger charge is 2.15. The molecule has 4 heteroatoms. The van der Waals surface area contributed by atoms with Crippen molar-refractivity contribution >= 4 is 34.7 Å². The second-order valence-corrected chi connectivity index (χ2v) is 5.65. The summed E-state index contributed by atoms with van der Waals surface area (Å²) in [4.78, 5) is 2.88. The maximum Gasteiger partial charge on any atom is 0.106 e. The van der Waals surface area contributed by atoms with Crippen molar-refractivity contribution in [2.75, 3.05) is 29.5 Å². The molecule has 1 aromatic rings. The van der Waals surface area contributed by atoms with Crippen LogP contribution >= 0.6 is 24.0 Å². The molecule has 86 valence electrons. The van der Waals surface area contributed by atoms with Crippen molar-refractivity contribution in [1.29, 1.82) is 0 Å². The highest BCUT2D eigenvalue weighted by atomic mass is 32.2. The molecule has 2 N–H and O–H groups in total. The Morgan fingerprint density at radius 3 is 2.69 bits per heavy atom. The molecule has 0 saturated carbocycles. The molecule has 16 heavy (non-hydrogen) atoms. The number of thiocarbonyl (C=S) groups is 1. The van der Waals surface area contributed by atoms with Crippen LogP contribution in [-0.2, 0) is 0 Å². The van der Waals surface area contributed by atoms with Gasteiger partial charge >= 0.3 is 0 Å². The third kappa shape index (κ3) is 2.50. The van der Waals surface area contributed by atoms with Crippen LogP contribution in [0, 0.1) is 6.92 Å². The second-order valence-electron chi connectivity index (χ2n) is 3.98. The zero-order valence-corrected chi connectivity index (χ0v) is 11.0. The smallest absolute Gasteiger partial charge is 0.106 e. The highest BCUT2D eigenvalue weighted by molar-refractivity contribution is 7.99. The average Bonchev–Trinajstić information content (AvgIpc) is 2.30. The molecule has 0 amide bonds. The van der Waals surface area contributed by atoms with E-state index in [0.717, 1.165) is 18.7 Å². The number of hydrogen-bond acceptors (Lipinski definition) is 3. The zero-order valence-electron chi connectivity index (χ0n) is 9.40. The zero-order chi connectivity index (χ0) is 11.5. The maximum absolute atomic E-state index is 5.79. The van der Waals surface area contributed by atoms with E-state index in [0.29, 0.717) is 4.99 Å². The predicted octanol–water partition coefficient (Wildman–Crippen LogP) is 2.18. The topological polar surface area (TPSA) is 29.3 Å². The van der Waals surface area contributed by atoms with Gasteiger partial charge in [0.1, 0.15) is 4.99 Å². The molecule has 0 spiro atoms. The van der Waals surface area contributed by atoms with Crippen molar-refractivity contribution in [3.8, 4) is 0 Å². The highest BCUT2D eigenvalue weighted by Crippen LogP contribution is 2.24. The lowest BCUT2D eigenvalue weighted by Gasteiger charge is -2.30. The molecular weight excluding hydrogens is 236 g/mol. The van der Waals surface area contributed by atoms with Crippen molar-refractivity contribution in [2.45, 2.75) is 6.92 Å². The predicted molar refractivity (Wildman–Crippen MR) is 76.6 cm³/mol.